The van der Waals surface area contributed by atoms with Gasteiger partial charge in [-0.15, -0.1) is 10.2 Å². The SMILES string of the molecule is COc1ccc(N2CC(C(=O)Nc3nnc(-c4ccccc4)s3)CC2=O)cc1. The van der Waals surface area contributed by atoms with Gasteiger partial charge in [-0.2, -0.15) is 0 Å². The minimum Gasteiger partial charge on any atom is -0.497 e. The first kappa shape index (κ1) is 18.1. The van der Waals surface area contributed by atoms with Gasteiger partial charge in [0.1, 0.15) is 10.8 Å². The molecule has 1 unspecified atom stereocenters. The normalized spacial score (nSPS) is 16.2. The molecule has 4 rings (SSSR count). The number of aromatic nitrogens is 2. The van der Waals surface area contributed by atoms with Gasteiger partial charge < -0.3 is 15.0 Å². The average Bonchev–Trinajstić information content (AvgIpc) is 3.35. The van der Waals surface area contributed by atoms with Gasteiger partial charge in [0.15, 0.2) is 0 Å². The molecule has 7 nitrogen and oxygen atoms in total. The highest BCUT2D eigenvalue weighted by molar-refractivity contribution is 7.18. The van der Waals surface area contributed by atoms with E-state index in [1.54, 1.807) is 24.1 Å². The van der Waals surface area contributed by atoms with Crippen molar-refractivity contribution in [1.82, 2.24) is 10.2 Å². The summed E-state index contributed by atoms with van der Waals surface area (Å²) in [4.78, 5) is 26.6. The van der Waals surface area contributed by atoms with E-state index in [4.69, 9.17) is 4.74 Å². The Bertz CT molecular complexity index is 988. The summed E-state index contributed by atoms with van der Waals surface area (Å²) < 4.78 is 5.14. The quantitative estimate of drug-likeness (QED) is 0.718. The smallest absolute Gasteiger partial charge is 0.231 e. The first-order valence-electron chi connectivity index (χ1n) is 8.78. The number of carbonyl (C=O) groups is 2. The fourth-order valence-electron chi connectivity index (χ4n) is 3.07. The number of rotatable bonds is 5. The van der Waals surface area contributed by atoms with Crippen LogP contribution in [0.25, 0.3) is 10.6 Å². The maximum atomic E-state index is 12.6. The van der Waals surface area contributed by atoms with Crippen molar-refractivity contribution in [2.45, 2.75) is 6.42 Å². The first-order valence-corrected chi connectivity index (χ1v) is 9.60. The van der Waals surface area contributed by atoms with Crippen molar-refractivity contribution in [1.29, 1.82) is 0 Å². The molecular weight excluding hydrogens is 376 g/mol. The molecule has 0 saturated carbocycles. The lowest BCUT2D eigenvalue weighted by atomic mass is 10.1. The van der Waals surface area contributed by atoms with Crippen molar-refractivity contribution >= 4 is 34.0 Å². The van der Waals surface area contributed by atoms with Gasteiger partial charge in [-0.05, 0) is 24.3 Å². The molecule has 1 aliphatic rings. The molecule has 2 aromatic carbocycles. The lowest BCUT2D eigenvalue weighted by Gasteiger charge is -2.16. The third kappa shape index (κ3) is 3.72. The molecule has 142 valence electrons. The second-order valence-electron chi connectivity index (χ2n) is 6.37. The Kier molecular flexibility index (Phi) is 5.03. The van der Waals surface area contributed by atoms with Crippen molar-refractivity contribution in [2.24, 2.45) is 5.92 Å². The van der Waals surface area contributed by atoms with Crippen LogP contribution in [0.2, 0.25) is 0 Å². The van der Waals surface area contributed by atoms with E-state index in [9.17, 15) is 9.59 Å². The Morgan fingerprint density at radius 1 is 1.14 bits per heavy atom. The summed E-state index contributed by atoms with van der Waals surface area (Å²) in [6, 6.07) is 16.9. The van der Waals surface area contributed by atoms with E-state index in [-0.39, 0.29) is 18.2 Å². The van der Waals surface area contributed by atoms with E-state index < -0.39 is 5.92 Å². The number of amides is 2. The van der Waals surface area contributed by atoms with Crippen molar-refractivity contribution in [3.05, 3.63) is 54.6 Å². The monoisotopic (exact) mass is 394 g/mol. The van der Waals surface area contributed by atoms with E-state index in [1.807, 2.05) is 42.5 Å². The molecule has 1 aromatic heterocycles. The Labute approximate surface area is 166 Å². The maximum Gasteiger partial charge on any atom is 0.231 e. The summed E-state index contributed by atoms with van der Waals surface area (Å²) in [5, 5.41) is 12.1. The zero-order valence-electron chi connectivity index (χ0n) is 15.2. The number of ether oxygens (including phenoxy) is 1. The Balaban J connectivity index is 1.41. The lowest BCUT2D eigenvalue weighted by Crippen LogP contribution is -2.28. The van der Waals surface area contributed by atoms with E-state index in [0.29, 0.717) is 11.7 Å². The third-order valence-corrected chi connectivity index (χ3v) is 5.44. The molecule has 1 aliphatic heterocycles. The second-order valence-corrected chi connectivity index (χ2v) is 7.35. The van der Waals surface area contributed by atoms with Crippen LogP contribution in [0.3, 0.4) is 0 Å². The number of carbonyl (C=O) groups excluding carboxylic acids is 2. The molecule has 1 fully saturated rings. The van der Waals surface area contributed by atoms with E-state index >= 15 is 0 Å². The Morgan fingerprint density at radius 3 is 2.61 bits per heavy atom. The summed E-state index contributed by atoms with van der Waals surface area (Å²) in [6.45, 7) is 0.335. The van der Waals surface area contributed by atoms with Gasteiger partial charge in [0.2, 0.25) is 16.9 Å². The third-order valence-electron chi connectivity index (χ3n) is 4.56. The molecule has 2 amide bonds. The summed E-state index contributed by atoms with van der Waals surface area (Å²) >= 11 is 1.31. The fraction of sp³-hybridized carbons (Fsp3) is 0.200. The van der Waals surface area contributed by atoms with Crippen LogP contribution in [-0.4, -0.2) is 35.7 Å². The highest BCUT2D eigenvalue weighted by atomic mass is 32.1. The number of nitrogens with zero attached hydrogens (tertiary/aromatic N) is 3. The molecular formula is C20H18N4O3S. The molecule has 0 radical (unpaired) electrons. The van der Waals surface area contributed by atoms with Crippen LogP contribution in [0.4, 0.5) is 10.8 Å². The van der Waals surface area contributed by atoms with Gasteiger partial charge in [-0.1, -0.05) is 41.7 Å². The number of anilines is 2. The van der Waals surface area contributed by atoms with Gasteiger partial charge in [0.25, 0.3) is 0 Å². The van der Waals surface area contributed by atoms with Gasteiger partial charge in [0, 0.05) is 24.2 Å². The predicted octanol–water partition coefficient (Wildman–Crippen LogP) is 3.21. The minimum atomic E-state index is -0.432. The zero-order chi connectivity index (χ0) is 19.5. The van der Waals surface area contributed by atoms with Crippen LogP contribution in [0.1, 0.15) is 6.42 Å². The minimum absolute atomic E-state index is 0.0763. The van der Waals surface area contributed by atoms with E-state index in [0.717, 1.165) is 22.0 Å². The van der Waals surface area contributed by atoms with Crippen LogP contribution in [0.5, 0.6) is 5.75 Å². The molecule has 8 heteroatoms. The summed E-state index contributed by atoms with van der Waals surface area (Å²) in [7, 11) is 1.59. The van der Waals surface area contributed by atoms with Crippen LogP contribution in [0, 0.1) is 5.92 Å². The van der Waals surface area contributed by atoms with Crippen LogP contribution >= 0.6 is 11.3 Å². The van der Waals surface area contributed by atoms with Gasteiger partial charge in [-0.3, -0.25) is 9.59 Å². The van der Waals surface area contributed by atoms with Crippen LogP contribution in [-0.2, 0) is 9.59 Å². The van der Waals surface area contributed by atoms with E-state index in [1.165, 1.54) is 11.3 Å². The molecule has 3 aromatic rings. The number of hydrogen-bond acceptors (Lipinski definition) is 6. The zero-order valence-corrected chi connectivity index (χ0v) is 16.0. The van der Waals surface area contributed by atoms with Crippen molar-refractivity contribution < 1.29 is 14.3 Å². The Hall–Kier alpha value is -3.26. The molecule has 0 aliphatic carbocycles. The molecule has 1 N–H and O–H groups in total. The number of benzene rings is 2. The van der Waals surface area contributed by atoms with Crippen LogP contribution < -0.4 is 15.0 Å². The van der Waals surface area contributed by atoms with Gasteiger partial charge in [0.05, 0.1) is 13.0 Å². The number of hydrogen-bond donors (Lipinski definition) is 1. The summed E-state index contributed by atoms with van der Waals surface area (Å²) in [5.41, 5.74) is 1.70. The second kappa shape index (κ2) is 7.77. The standard InChI is InChI=1S/C20H18N4O3S/c1-27-16-9-7-15(8-10-16)24-12-14(11-17(24)25)18(26)21-20-23-22-19(28-20)13-5-3-2-4-6-13/h2-10,14H,11-12H2,1H3,(H,21,23,26). The Morgan fingerprint density at radius 2 is 1.89 bits per heavy atom. The number of methoxy groups -OCH3 is 1. The molecule has 0 bridgehead atoms. The lowest BCUT2D eigenvalue weighted by molar-refractivity contribution is -0.122. The molecule has 28 heavy (non-hydrogen) atoms. The molecule has 1 atom stereocenters. The van der Waals surface area contributed by atoms with Crippen LogP contribution in [0.15, 0.2) is 54.6 Å². The van der Waals surface area contributed by atoms with Crippen molar-refractivity contribution in [3.8, 4) is 16.3 Å². The van der Waals surface area contributed by atoms with E-state index in [2.05, 4.69) is 15.5 Å². The highest BCUT2D eigenvalue weighted by Gasteiger charge is 2.35. The number of nitrogens with one attached hydrogen (secondary N) is 1. The fourth-order valence-corrected chi connectivity index (χ4v) is 3.83. The van der Waals surface area contributed by atoms with Gasteiger partial charge >= 0.3 is 0 Å². The predicted molar refractivity (Wildman–Crippen MR) is 107 cm³/mol. The molecule has 1 saturated heterocycles. The topological polar surface area (TPSA) is 84.4 Å². The molecule has 0 spiro atoms. The first-order chi connectivity index (χ1) is 13.6. The summed E-state index contributed by atoms with van der Waals surface area (Å²) in [6.07, 6.45) is 0.169. The van der Waals surface area contributed by atoms with Crippen molar-refractivity contribution in [3.63, 3.8) is 0 Å². The van der Waals surface area contributed by atoms with Gasteiger partial charge in [-0.25, -0.2) is 0 Å². The average molecular weight is 394 g/mol. The summed E-state index contributed by atoms with van der Waals surface area (Å²) in [5.74, 6) is -0.0125. The largest absolute Gasteiger partial charge is 0.497 e. The molecule has 2 heterocycles. The maximum absolute atomic E-state index is 12.6. The highest BCUT2D eigenvalue weighted by Crippen LogP contribution is 2.29. The van der Waals surface area contributed by atoms with Crippen molar-refractivity contribution in [2.75, 3.05) is 23.9 Å².